The fourth-order valence-electron chi connectivity index (χ4n) is 1.08. The fourth-order valence-corrected chi connectivity index (χ4v) is 2.27. The first kappa shape index (κ1) is 8.66. The highest BCUT2D eigenvalue weighted by Crippen LogP contribution is 2.28. The van der Waals surface area contributed by atoms with Gasteiger partial charge in [0.1, 0.15) is 0 Å². The quantitative estimate of drug-likeness (QED) is 0.883. The Labute approximate surface area is 84.7 Å². The van der Waals surface area contributed by atoms with Crippen LogP contribution in [0.25, 0.3) is 0 Å². The van der Waals surface area contributed by atoms with E-state index in [-0.39, 0.29) is 0 Å². The lowest BCUT2D eigenvalue weighted by atomic mass is 10.4. The van der Waals surface area contributed by atoms with E-state index >= 15 is 0 Å². The number of rotatable bonds is 4. The van der Waals surface area contributed by atoms with Crippen LogP contribution in [0.5, 0.6) is 0 Å². The van der Waals surface area contributed by atoms with Crippen molar-refractivity contribution in [2.45, 2.75) is 19.4 Å². The predicted octanol–water partition coefficient (Wildman–Crippen LogP) is 2.41. The summed E-state index contributed by atoms with van der Waals surface area (Å²) in [6.45, 7) is 2.13. The van der Waals surface area contributed by atoms with E-state index in [1.54, 1.807) is 11.5 Å². The molecule has 0 saturated heterocycles. The van der Waals surface area contributed by atoms with Crippen LogP contribution in [0.1, 0.15) is 17.7 Å². The summed E-state index contributed by atoms with van der Waals surface area (Å²) in [6.07, 6.45) is 4.69. The molecule has 12 heavy (non-hydrogen) atoms. The number of nitrogens with zero attached hydrogens (tertiary/aromatic N) is 1. The molecule has 0 aliphatic heterocycles. The molecule has 0 radical (unpaired) electrons. The van der Waals surface area contributed by atoms with Crippen LogP contribution in [-0.4, -0.2) is 10.9 Å². The van der Waals surface area contributed by atoms with Gasteiger partial charge in [0.2, 0.25) is 0 Å². The lowest BCUT2D eigenvalue weighted by Gasteiger charge is -2.00. The minimum atomic E-state index is 0.955. The molecule has 1 aromatic heterocycles. The highest BCUT2D eigenvalue weighted by molar-refractivity contribution is 9.10. The highest BCUT2D eigenvalue weighted by Gasteiger charge is 2.20. The van der Waals surface area contributed by atoms with E-state index < -0.39 is 0 Å². The zero-order valence-electron chi connectivity index (χ0n) is 6.72. The molecule has 1 aliphatic rings. The highest BCUT2D eigenvalue weighted by atomic mass is 79.9. The summed E-state index contributed by atoms with van der Waals surface area (Å²) in [7, 11) is 0. The second kappa shape index (κ2) is 3.85. The monoisotopic (exact) mass is 246 g/mol. The summed E-state index contributed by atoms with van der Waals surface area (Å²) >= 11 is 5.02. The van der Waals surface area contributed by atoms with Crippen LogP contribution in [0.4, 0.5) is 0 Å². The van der Waals surface area contributed by atoms with Gasteiger partial charge in [-0.25, -0.2) is 0 Å². The zero-order valence-corrected chi connectivity index (χ0v) is 9.12. The second-order valence-corrected chi connectivity index (χ2v) is 4.91. The molecular formula is C8H11BrN2S. The van der Waals surface area contributed by atoms with Crippen molar-refractivity contribution in [2.75, 3.05) is 6.54 Å². The van der Waals surface area contributed by atoms with Crippen LogP contribution in [0.3, 0.4) is 0 Å². The first-order valence-electron chi connectivity index (χ1n) is 4.16. The maximum atomic E-state index is 4.09. The van der Waals surface area contributed by atoms with Crippen molar-refractivity contribution in [1.82, 2.24) is 9.69 Å². The molecule has 1 aromatic rings. The smallest absolute Gasteiger partial charge is 0.0552 e. The van der Waals surface area contributed by atoms with Crippen LogP contribution >= 0.6 is 27.5 Å². The molecule has 4 heteroatoms. The molecule has 1 saturated carbocycles. The van der Waals surface area contributed by atoms with E-state index in [2.05, 4.69) is 25.6 Å². The van der Waals surface area contributed by atoms with E-state index in [1.165, 1.54) is 24.3 Å². The molecule has 0 amide bonds. The third-order valence-electron chi connectivity index (χ3n) is 2.01. The number of hydrogen-bond acceptors (Lipinski definition) is 3. The molecule has 2 rings (SSSR count). The van der Waals surface area contributed by atoms with Gasteiger partial charge >= 0.3 is 0 Å². The van der Waals surface area contributed by atoms with Gasteiger partial charge in [0.25, 0.3) is 0 Å². The Hall–Kier alpha value is 0.0700. The Kier molecular flexibility index (Phi) is 2.78. The number of halogens is 1. The predicted molar refractivity (Wildman–Crippen MR) is 54.2 cm³/mol. The van der Waals surface area contributed by atoms with Crippen molar-refractivity contribution in [2.24, 2.45) is 5.92 Å². The molecule has 1 fully saturated rings. The molecule has 0 spiro atoms. The fraction of sp³-hybridized carbons (Fsp3) is 0.625. The van der Waals surface area contributed by atoms with Crippen molar-refractivity contribution in [1.29, 1.82) is 0 Å². The van der Waals surface area contributed by atoms with Crippen molar-refractivity contribution in [3.05, 3.63) is 15.5 Å². The van der Waals surface area contributed by atoms with E-state index in [9.17, 15) is 0 Å². The van der Waals surface area contributed by atoms with E-state index in [0.717, 1.165) is 16.9 Å². The molecule has 66 valence electrons. The summed E-state index contributed by atoms with van der Waals surface area (Å²) in [5, 5.41) is 3.43. The molecule has 1 N–H and O–H groups in total. The third-order valence-corrected chi connectivity index (χ3v) is 3.75. The molecular weight excluding hydrogens is 236 g/mol. The van der Waals surface area contributed by atoms with Crippen LogP contribution in [-0.2, 0) is 6.54 Å². The third kappa shape index (κ3) is 2.28. The van der Waals surface area contributed by atoms with Gasteiger partial charge < -0.3 is 5.32 Å². The first-order chi connectivity index (χ1) is 5.86. The minimum Gasteiger partial charge on any atom is -0.311 e. The molecule has 1 heterocycles. The van der Waals surface area contributed by atoms with E-state index in [0.29, 0.717) is 0 Å². The summed E-state index contributed by atoms with van der Waals surface area (Å²) in [4.78, 5) is 1.30. The maximum Gasteiger partial charge on any atom is 0.0552 e. The van der Waals surface area contributed by atoms with Gasteiger partial charge in [0.05, 0.1) is 15.5 Å². The summed E-state index contributed by atoms with van der Waals surface area (Å²) in [6, 6.07) is 0. The normalized spacial score (nSPS) is 16.8. The first-order valence-corrected chi connectivity index (χ1v) is 5.72. The number of aromatic nitrogens is 1. The summed E-state index contributed by atoms with van der Waals surface area (Å²) < 4.78 is 5.22. The molecule has 0 aromatic carbocycles. The van der Waals surface area contributed by atoms with E-state index in [4.69, 9.17) is 0 Å². The lowest BCUT2D eigenvalue weighted by Crippen LogP contribution is -2.15. The Morgan fingerprint density at radius 1 is 1.67 bits per heavy atom. The molecule has 0 atom stereocenters. The summed E-state index contributed by atoms with van der Waals surface area (Å²) in [5.41, 5.74) is 0. The van der Waals surface area contributed by atoms with Gasteiger partial charge in [0.15, 0.2) is 0 Å². The average Bonchev–Trinajstić information content (AvgIpc) is 2.78. The topological polar surface area (TPSA) is 24.9 Å². The molecule has 1 aliphatic carbocycles. The average molecular weight is 247 g/mol. The van der Waals surface area contributed by atoms with Gasteiger partial charge in [-0.05, 0) is 52.8 Å². The van der Waals surface area contributed by atoms with Gasteiger partial charge in [0, 0.05) is 6.54 Å². The standard InChI is InChI=1S/C8H11BrN2S/c9-7-4-11-12-8(7)5-10-3-6-1-2-6/h4,6,10H,1-3,5H2. The van der Waals surface area contributed by atoms with Crippen molar-refractivity contribution >= 4 is 27.5 Å². The van der Waals surface area contributed by atoms with Gasteiger partial charge in [-0.3, -0.25) is 0 Å². The van der Waals surface area contributed by atoms with Crippen molar-refractivity contribution in [3.8, 4) is 0 Å². The largest absolute Gasteiger partial charge is 0.311 e. The summed E-state index contributed by atoms with van der Waals surface area (Å²) in [5.74, 6) is 0.955. The van der Waals surface area contributed by atoms with Crippen molar-refractivity contribution < 1.29 is 0 Å². The van der Waals surface area contributed by atoms with Gasteiger partial charge in [-0.15, -0.1) is 0 Å². The zero-order chi connectivity index (χ0) is 8.39. The maximum absolute atomic E-state index is 4.09. The molecule has 0 bridgehead atoms. The van der Waals surface area contributed by atoms with E-state index in [1.807, 2.05) is 6.20 Å². The second-order valence-electron chi connectivity index (χ2n) is 3.17. The molecule has 2 nitrogen and oxygen atoms in total. The van der Waals surface area contributed by atoms with Crippen LogP contribution < -0.4 is 5.32 Å². The Balaban J connectivity index is 1.75. The number of hydrogen-bond donors (Lipinski definition) is 1. The van der Waals surface area contributed by atoms with Crippen LogP contribution in [0.2, 0.25) is 0 Å². The lowest BCUT2D eigenvalue weighted by molar-refractivity contribution is 0.642. The minimum absolute atomic E-state index is 0.955. The Morgan fingerprint density at radius 3 is 3.08 bits per heavy atom. The SMILES string of the molecule is Brc1cnsc1CNCC1CC1. The van der Waals surface area contributed by atoms with Gasteiger partial charge in [-0.2, -0.15) is 4.37 Å². The van der Waals surface area contributed by atoms with Gasteiger partial charge in [-0.1, -0.05) is 0 Å². The molecule has 0 unspecified atom stereocenters. The van der Waals surface area contributed by atoms with Crippen LogP contribution in [0, 0.1) is 5.92 Å². The van der Waals surface area contributed by atoms with Crippen molar-refractivity contribution in [3.63, 3.8) is 0 Å². The Morgan fingerprint density at radius 2 is 2.50 bits per heavy atom. The number of nitrogens with one attached hydrogen (secondary N) is 1. The van der Waals surface area contributed by atoms with Crippen LogP contribution in [0.15, 0.2) is 10.7 Å². The Bertz CT molecular complexity index is 257.